The van der Waals surface area contributed by atoms with Crippen LogP contribution in [0.15, 0.2) is 30.3 Å². The Kier molecular flexibility index (Phi) is 6.44. The Bertz CT molecular complexity index is 351. The summed E-state index contributed by atoms with van der Waals surface area (Å²) in [6.45, 7) is 6.23. The molecule has 1 aromatic rings. The van der Waals surface area contributed by atoms with Crippen molar-refractivity contribution < 1.29 is 4.79 Å². The van der Waals surface area contributed by atoms with E-state index in [-0.39, 0.29) is 11.9 Å². The molecule has 2 N–H and O–H groups in total. The van der Waals surface area contributed by atoms with Crippen LogP contribution < -0.4 is 10.6 Å². The van der Waals surface area contributed by atoms with Crippen LogP contribution in [-0.2, 0) is 4.79 Å². The van der Waals surface area contributed by atoms with E-state index >= 15 is 0 Å². The second kappa shape index (κ2) is 7.88. The Morgan fingerprint density at radius 1 is 1.22 bits per heavy atom. The second-order valence-corrected chi connectivity index (χ2v) is 4.64. The van der Waals surface area contributed by atoms with Crippen LogP contribution in [-0.4, -0.2) is 18.0 Å². The van der Waals surface area contributed by atoms with E-state index in [9.17, 15) is 4.79 Å². The molecule has 0 fully saturated rings. The molecule has 3 nitrogen and oxygen atoms in total. The third-order valence-electron chi connectivity index (χ3n) is 3.05. The van der Waals surface area contributed by atoms with Gasteiger partial charge in [-0.25, -0.2) is 0 Å². The summed E-state index contributed by atoms with van der Waals surface area (Å²) in [6, 6.07) is 9.82. The number of anilines is 1. The van der Waals surface area contributed by atoms with Gasteiger partial charge in [0.15, 0.2) is 0 Å². The molecule has 18 heavy (non-hydrogen) atoms. The fourth-order valence-electron chi connectivity index (χ4n) is 1.96. The van der Waals surface area contributed by atoms with Gasteiger partial charge in [0.2, 0.25) is 5.91 Å². The minimum atomic E-state index is -0.165. The number of para-hydroxylation sites is 1. The van der Waals surface area contributed by atoms with E-state index in [0.717, 1.165) is 24.9 Å². The monoisotopic (exact) mass is 248 g/mol. The van der Waals surface area contributed by atoms with Crippen molar-refractivity contribution in [3.63, 3.8) is 0 Å². The summed E-state index contributed by atoms with van der Waals surface area (Å²) in [4.78, 5) is 12.0. The van der Waals surface area contributed by atoms with Gasteiger partial charge in [-0.05, 0) is 31.9 Å². The van der Waals surface area contributed by atoms with Crippen molar-refractivity contribution in [2.75, 3.05) is 5.32 Å². The van der Waals surface area contributed by atoms with Crippen molar-refractivity contribution in [2.45, 2.75) is 52.1 Å². The van der Waals surface area contributed by atoms with E-state index < -0.39 is 0 Å². The van der Waals surface area contributed by atoms with Crippen molar-refractivity contribution in [1.29, 1.82) is 0 Å². The molecule has 2 atom stereocenters. The Hall–Kier alpha value is -1.35. The van der Waals surface area contributed by atoms with Gasteiger partial charge >= 0.3 is 0 Å². The largest absolute Gasteiger partial charge is 0.325 e. The number of carbonyl (C=O) groups is 1. The Morgan fingerprint density at radius 2 is 1.89 bits per heavy atom. The fourth-order valence-corrected chi connectivity index (χ4v) is 1.96. The minimum Gasteiger partial charge on any atom is -0.325 e. The van der Waals surface area contributed by atoms with Gasteiger partial charge in [0.25, 0.3) is 0 Å². The van der Waals surface area contributed by atoms with Gasteiger partial charge in [-0.2, -0.15) is 0 Å². The normalized spacial score (nSPS) is 13.9. The summed E-state index contributed by atoms with van der Waals surface area (Å²) in [6.07, 6.45) is 3.30. The summed E-state index contributed by atoms with van der Waals surface area (Å²) < 4.78 is 0. The second-order valence-electron chi connectivity index (χ2n) is 4.64. The van der Waals surface area contributed by atoms with Crippen LogP contribution in [0.2, 0.25) is 0 Å². The van der Waals surface area contributed by atoms with Crippen molar-refractivity contribution in [3.05, 3.63) is 30.3 Å². The summed E-state index contributed by atoms with van der Waals surface area (Å²) in [7, 11) is 0. The van der Waals surface area contributed by atoms with E-state index in [0.29, 0.717) is 6.04 Å². The molecule has 3 heteroatoms. The molecule has 0 aliphatic rings. The number of nitrogens with one attached hydrogen (secondary N) is 2. The van der Waals surface area contributed by atoms with Crippen LogP contribution in [0.1, 0.15) is 40.0 Å². The molecule has 0 bridgehead atoms. The fraction of sp³-hybridized carbons (Fsp3) is 0.533. The van der Waals surface area contributed by atoms with Crippen LogP contribution >= 0.6 is 0 Å². The Morgan fingerprint density at radius 3 is 2.44 bits per heavy atom. The molecule has 0 radical (unpaired) electrons. The van der Waals surface area contributed by atoms with Crippen molar-refractivity contribution >= 4 is 11.6 Å². The van der Waals surface area contributed by atoms with E-state index in [1.165, 1.54) is 0 Å². The highest BCUT2D eigenvalue weighted by atomic mass is 16.2. The quantitative estimate of drug-likeness (QED) is 0.778. The predicted molar refractivity (Wildman–Crippen MR) is 76.7 cm³/mol. The SMILES string of the molecule is CCCC(CC)NC(C)C(=O)Nc1ccccc1. The van der Waals surface area contributed by atoms with Gasteiger partial charge in [-0.3, -0.25) is 4.79 Å². The van der Waals surface area contributed by atoms with Gasteiger partial charge in [0.05, 0.1) is 6.04 Å². The number of rotatable bonds is 7. The first-order valence-corrected chi connectivity index (χ1v) is 6.79. The lowest BCUT2D eigenvalue weighted by Gasteiger charge is -2.21. The summed E-state index contributed by atoms with van der Waals surface area (Å²) >= 11 is 0. The standard InChI is InChI=1S/C15H24N2O/c1-4-9-13(5-2)16-12(3)15(18)17-14-10-7-6-8-11-14/h6-8,10-13,16H,4-5,9H2,1-3H3,(H,17,18). The van der Waals surface area contributed by atoms with Gasteiger partial charge in [-0.15, -0.1) is 0 Å². The lowest BCUT2D eigenvalue weighted by molar-refractivity contribution is -0.118. The van der Waals surface area contributed by atoms with Gasteiger partial charge in [-0.1, -0.05) is 38.5 Å². The molecule has 0 saturated heterocycles. The smallest absolute Gasteiger partial charge is 0.241 e. The zero-order chi connectivity index (χ0) is 13.4. The molecule has 1 aromatic carbocycles. The van der Waals surface area contributed by atoms with E-state index in [1.54, 1.807) is 0 Å². The third-order valence-corrected chi connectivity index (χ3v) is 3.05. The lowest BCUT2D eigenvalue weighted by atomic mass is 10.1. The van der Waals surface area contributed by atoms with Crippen molar-refractivity contribution in [3.8, 4) is 0 Å². The average Bonchev–Trinajstić information content (AvgIpc) is 2.39. The topological polar surface area (TPSA) is 41.1 Å². The van der Waals surface area contributed by atoms with Gasteiger partial charge in [0, 0.05) is 11.7 Å². The highest BCUT2D eigenvalue weighted by Crippen LogP contribution is 2.07. The molecular weight excluding hydrogens is 224 g/mol. The molecule has 0 saturated carbocycles. The van der Waals surface area contributed by atoms with Gasteiger partial charge < -0.3 is 10.6 Å². The minimum absolute atomic E-state index is 0.0238. The van der Waals surface area contributed by atoms with Crippen molar-refractivity contribution in [2.24, 2.45) is 0 Å². The third kappa shape index (κ3) is 4.88. The molecule has 1 rings (SSSR count). The van der Waals surface area contributed by atoms with E-state index in [4.69, 9.17) is 0 Å². The van der Waals surface area contributed by atoms with E-state index in [1.807, 2.05) is 37.3 Å². The molecule has 0 heterocycles. The molecule has 100 valence electrons. The molecule has 2 unspecified atom stereocenters. The van der Waals surface area contributed by atoms with Crippen LogP contribution in [0.3, 0.4) is 0 Å². The first kappa shape index (κ1) is 14.7. The highest BCUT2D eigenvalue weighted by Gasteiger charge is 2.16. The summed E-state index contributed by atoms with van der Waals surface area (Å²) in [5.41, 5.74) is 0.847. The van der Waals surface area contributed by atoms with Crippen LogP contribution in [0.5, 0.6) is 0 Å². The highest BCUT2D eigenvalue weighted by molar-refractivity contribution is 5.94. The van der Waals surface area contributed by atoms with Crippen molar-refractivity contribution in [1.82, 2.24) is 5.32 Å². The number of hydrogen-bond acceptors (Lipinski definition) is 2. The Balaban J connectivity index is 2.46. The lowest BCUT2D eigenvalue weighted by Crippen LogP contribution is -2.43. The number of benzene rings is 1. The molecule has 0 spiro atoms. The maximum absolute atomic E-state index is 12.0. The van der Waals surface area contributed by atoms with Gasteiger partial charge in [0.1, 0.15) is 0 Å². The molecule has 0 aliphatic carbocycles. The maximum atomic E-state index is 12.0. The molecule has 0 aliphatic heterocycles. The average molecular weight is 248 g/mol. The van der Waals surface area contributed by atoms with Crippen LogP contribution in [0.25, 0.3) is 0 Å². The number of amides is 1. The first-order chi connectivity index (χ1) is 8.67. The van der Waals surface area contributed by atoms with Crippen LogP contribution in [0.4, 0.5) is 5.69 Å². The molecule has 0 aromatic heterocycles. The Labute approximate surface area is 110 Å². The number of hydrogen-bond donors (Lipinski definition) is 2. The summed E-state index contributed by atoms with van der Waals surface area (Å²) in [5, 5.41) is 6.29. The maximum Gasteiger partial charge on any atom is 0.241 e. The van der Waals surface area contributed by atoms with E-state index in [2.05, 4.69) is 24.5 Å². The zero-order valence-electron chi connectivity index (χ0n) is 11.6. The molecule has 1 amide bonds. The molecular formula is C15H24N2O. The first-order valence-electron chi connectivity index (χ1n) is 6.79. The zero-order valence-corrected chi connectivity index (χ0v) is 11.6. The van der Waals surface area contributed by atoms with Crippen LogP contribution in [0, 0.1) is 0 Å². The number of carbonyl (C=O) groups excluding carboxylic acids is 1. The summed E-state index contributed by atoms with van der Waals surface area (Å²) in [5.74, 6) is 0.0238. The predicted octanol–water partition coefficient (Wildman–Crippen LogP) is 3.18.